The van der Waals surface area contributed by atoms with E-state index in [-0.39, 0.29) is 0 Å². The van der Waals surface area contributed by atoms with Crippen LogP contribution in [-0.2, 0) is 14.8 Å². The van der Waals surface area contributed by atoms with Gasteiger partial charge >= 0.3 is 0 Å². The SMILES string of the molecule is CCCSc1nnc(NC(=O)[C@@H](CC)N(c2cc(C)cc(C)c2)S(C)(=O)=O)s1. The first kappa shape index (κ1) is 22.6. The summed E-state index contributed by atoms with van der Waals surface area (Å²) >= 11 is 2.87. The number of aromatic nitrogens is 2. The lowest BCUT2D eigenvalue weighted by atomic mass is 10.1. The standard InChI is InChI=1S/C18H26N4O3S3/c1-6-8-26-18-21-20-17(27-18)19-16(23)15(7-2)22(28(5,24)25)14-10-12(3)9-13(4)11-14/h9-11,15H,6-8H2,1-5H3,(H,19,20,23)/t15-/m1/s1. The van der Waals surface area contributed by atoms with Crippen molar-refractivity contribution < 1.29 is 13.2 Å². The Hall–Kier alpha value is -1.65. The first-order valence-corrected chi connectivity index (χ1v) is 12.7. The Kier molecular flexibility index (Phi) is 7.85. The van der Waals surface area contributed by atoms with Gasteiger partial charge in [0.2, 0.25) is 21.1 Å². The number of amides is 1. The van der Waals surface area contributed by atoms with Gasteiger partial charge in [-0.2, -0.15) is 0 Å². The van der Waals surface area contributed by atoms with Gasteiger partial charge in [0, 0.05) is 5.75 Å². The number of hydrogen-bond donors (Lipinski definition) is 1. The smallest absolute Gasteiger partial charge is 0.250 e. The summed E-state index contributed by atoms with van der Waals surface area (Å²) in [6, 6.07) is 4.62. The van der Waals surface area contributed by atoms with E-state index in [9.17, 15) is 13.2 Å². The van der Waals surface area contributed by atoms with E-state index in [0.29, 0.717) is 17.2 Å². The summed E-state index contributed by atoms with van der Waals surface area (Å²) in [7, 11) is -3.67. The van der Waals surface area contributed by atoms with Crippen LogP contribution in [-0.4, -0.2) is 42.6 Å². The molecule has 0 aliphatic rings. The largest absolute Gasteiger partial charge is 0.299 e. The van der Waals surface area contributed by atoms with Crippen molar-refractivity contribution in [1.29, 1.82) is 0 Å². The fraction of sp³-hybridized carbons (Fsp3) is 0.500. The summed E-state index contributed by atoms with van der Waals surface area (Å²) in [5.41, 5.74) is 2.35. The van der Waals surface area contributed by atoms with Crippen molar-refractivity contribution in [3.8, 4) is 0 Å². The van der Waals surface area contributed by atoms with Gasteiger partial charge in [0.05, 0.1) is 11.9 Å². The molecule has 0 spiro atoms. The molecule has 0 aliphatic heterocycles. The fourth-order valence-electron chi connectivity index (χ4n) is 2.83. The third-order valence-corrected chi connectivity index (χ3v) is 7.21. The summed E-state index contributed by atoms with van der Waals surface area (Å²) < 4.78 is 27.1. The number of anilines is 2. The molecule has 154 valence electrons. The molecule has 7 nitrogen and oxygen atoms in total. The molecule has 0 saturated carbocycles. The molecule has 28 heavy (non-hydrogen) atoms. The Bertz CT molecular complexity index is 908. The summed E-state index contributed by atoms with van der Waals surface area (Å²) in [5, 5.41) is 11.1. The van der Waals surface area contributed by atoms with Gasteiger partial charge in [0.15, 0.2) is 4.34 Å². The summed E-state index contributed by atoms with van der Waals surface area (Å²) in [5.74, 6) is 0.504. The highest BCUT2D eigenvalue weighted by molar-refractivity contribution is 8.01. The maximum absolute atomic E-state index is 12.9. The van der Waals surface area contributed by atoms with Crippen molar-refractivity contribution in [2.45, 2.75) is 50.9 Å². The van der Waals surface area contributed by atoms with Crippen LogP contribution in [0.25, 0.3) is 0 Å². The minimum atomic E-state index is -3.67. The molecule has 1 amide bonds. The second-order valence-electron chi connectivity index (χ2n) is 6.54. The van der Waals surface area contributed by atoms with Crippen LogP contribution >= 0.6 is 23.1 Å². The van der Waals surface area contributed by atoms with Gasteiger partial charge in [0.25, 0.3) is 0 Å². The molecule has 0 unspecified atom stereocenters. The predicted octanol–water partition coefficient (Wildman–Crippen LogP) is 3.84. The molecular formula is C18H26N4O3S3. The topological polar surface area (TPSA) is 92.3 Å². The maximum Gasteiger partial charge on any atom is 0.250 e. The molecule has 0 aliphatic carbocycles. The Morgan fingerprint density at radius 1 is 1.21 bits per heavy atom. The van der Waals surface area contributed by atoms with E-state index in [1.165, 1.54) is 15.6 Å². The lowest BCUT2D eigenvalue weighted by Gasteiger charge is -2.30. The summed E-state index contributed by atoms with van der Waals surface area (Å²) in [6.45, 7) is 7.66. The van der Waals surface area contributed by atoms with E-state index in [2.05, 4.69) is 22.4 Å². The monoisotopic (exact) mass is 442 g/mol. The number of sulfonamides is 1. The Morgan fingerprint density at radius 3 is 2.39 bits per heavy atom. The van der Waals surface area contributed by atoms with Crippen LogP contribution in [0.5, 0.6) is 0 Å². The lowest BCUT2D eigenvalue weighted by molar-refractivity contribution is -0.117. The van der Waals surface area contributed by atoms with Gasteiger partial charge in [-0.3, -0.25) is 14.4 Å². The molecule has 0 bridgehead atoms. The quantitative estimate of drug-likeness (QED) is 0.468. The van der Waals surface area contributed by atoms with Crippen molar-refractivity contribution in [1.82, 2.24) is 10.2 Å². The molecular weight excluding hydrogens is 416 g/mol. The van der Waals surface area contributed by atoms with Crippen LogP contribution in [0, 0.1) is 13.8 Å². The Morgan fingerprint density at radius 2 is 1.86 bits per heavy atom. The van der Waals surface area contributed by atoms with Crippen LogP contribution in [0.2, 0.25) is 0 Å². The second kappa shape index (κ2) is 9.71. The number of thioether (sulfide) groups is 1. The highest BCUT2D eigenvalue weighted by atomic mass is 32.2. The number of aryl methyl sites for hydroxylation is 2. The minimum Gasteiger partial charge on any atom is -0.299 e. The van der Waals surface area contributed by atoms with Crippen molar-refractivity contribution in [2.24, 2.45) is 0 Å². The summed E-state index contributed by atoms with van der Waals surface area (Å²) in [6.07, 6.45) is 2.45. The molecule has 1 aromatic carbocycles. The van der Waals surface area contributed by atoms with E-state index in [4.69, 9.17) is 0 Å². The molecule has 1 atom stereocenters. The van der Waals surface area contributed by atoms with Gasteiger partial charge in [-0.25, -0.2) is 8.42 Å². The first-order chi connectivity index (χ1) is 13.2. The molecule has 2 aromatic rings. The molecule has 2 rings (SSSR count). The third kappa shape index (κ3) is 5.92. The molecule has 0 fully saturated rings. The molecule has 1 heterocycles. The average Bonchev–Trinajstić information content (AvgIpc) is 3.02. The molecule has 1 N–H and O–H groups in total. The number of nitrogens with one attached hydrogen (secondary N) is 1. The van der Waals surface area contributed by atoms with Gasteiger partial charge in [-0.05, 0) is 49.9 Å². The molecule has 10 heteroatoms. The number of carbonyl (C=O) groups excluding carboxylic acids is 1. The van der Waals surface area contributed by atoms with Crippen LogP contribution in [0.4, 0.5) is 10.8 Å². The van der Waals surface area contributed by atoms with E-state index in [0.717, 1.165) is 33.9 Å². The highest BCUT2D eigenvalue weighted by Gasteiger charge is 2.32. The van der Waals surface area contributed by atoms with Crippen molar-refractivity contribution >= 4 is 49.8 Å². The zero-order valence-electron chi connectivity index (χ0n) is 16.7. The lowest BCUT2D eigenvalue weighted by Crippen LogP contribution is -2.47. The van der Waals surface area contributed by atoms with E-state index < -0.39 is 22.0 Å². The van der Waals surface area contributed by atoms with Gasteiger partial charge in [0.1, 0.15) is 6.04 Å². The third-order valence-electron chi connectivity index (χ3n) is 3.86. The van der Waals surface area contributed by atoms with E-state index in [1.54, 1.807) is 30.8 Å². The normalized spacial score (nSPS) is 12.6. The van der Waals surface area contributed by atoms with Crippen LogP contribution < -0.4 is 9.62 Å². The van der Waals surface area contributed by atoms with E-state index >= 15 is 0 Å². The highest BCUT2D eigenvalue weighted by Crippen LogP contribution is 2.28. The van der Waals surface area contributed by atoms with Gasteiger partial charge in [-0.1, -0.05) is 43.0 Å². The molecule has 1 aromatic heterocycles. The Labute approximate surface area is 175 Å². The minimum absolute atomic E-state index is 0.322. The number of nitrogens with zero attached hydrogens (tertiary/aromatic N) is 3. The van der Waals surface area contributed by atoms with Gasteiger partial charge in [-0.15, -0.1) is 10.2 Å². The van der Waals surface area contributed by atoms with Crippen molar-refractivity contribution in [2.75, 3.05) is 21.6 Å². The average molecular weight is 443 g/mol. The Balaban J connectivity index is 2.30. The summed E-state index contributed by atoms with van der Waals surface area (Å²) in [4.78, 5) is 12.9. The van der Waals surface area contributed by atoms with Crippen LogP contribution in [0.3, 0.4) is 0 Å². The van der Waals surface area contributed by atoms with Gasteiger partial charge < -0.3 is 0 Å². The predicted molar refractivity (Wildman–Crippen MR) is 117 cm³/mol. The van der Waals surface area contributed by atoms with Crippen LogP contribution in [0.15, 0.2) is 22.5 Å². The maximum atomic E-state index is 12.9. The number of rotatable bonds is 9. The molecule has 0 saturated heterocycles. The molecule has 0 radical (unpaired) electrons. The van der Waals surface area contributed by atoms with Crippen molar-refractivity contribution in [3.05, 3.63) is 29.3 Å². The first-order valence-electron chi connectivity index (χ1n) is 9.00. The zero-order chi connectivity index (χ0) is 20.9. The second-order valence-corrected chi connectivity index (χ2v) is 10.7. The van der Waals surface area contributed by atoms with Crippen molar-refractivity contribution in [3.63, 3.8) is 0 Å². The van der Waals surface area contributed by atoms with Crippen LogP contribution in [0.1, 0.15) is 37.8 Å². The van der Waals surface area contributed by atoms with E-state index in [1.807, 2.05) is 19.9 Å². The zero-order valence-corrected chi connectivity index (χ0v) is 19.2. The number of carbonyl (C=O) groups is 1. The fourth-order valence-corrected chi connectivity index (χ4v) is 5.71. The number of hydrogen-bond acceptors (Lipinski definition) is 7. The number of benzene rings is 1.